The minimum Gasteiger partial charge on any atom is -0.478 e. The van der Waals surface area contributed by atoms with Crippen molar-refractivity contribution in [2.75, 3.05) is 0 Å². The van der Waals surface area contributed by atoms with Gasteiger partial charge in [0.1, 0.15) is 5.82 Å². The third kappa shape index (κ3) is 4.97. The molecule has 0 spiro atoms. The number of aromatic nitrogens is 2. The average Bonchev–Trinajstić information content (AvgIpc) is 3.33. The van der Waals surface area contributed by atoms with Crippen molar-refractivity contribution in [2.45, 2.75) is 32.7 Å². The Morgan fingerprint density at radius 3 is 2.76 bits per heavy atom. The Labute approximate surface area is 172 Å². The highest BCUT2D eigenvalue weighted by Gasteiger charge is 2.17. The van der Waals surface area contributed by atoms with E-state index in [1.807, 2.05) is 29.0 Å². The molecular formula is C21H21N3O4S. The van der Waals surface area contributed by atoms with E-state index in [0.717, 1.165) is 17.1 Å². The number of nitro benzene ring substituents is 1. The monoisotopic (exact) mass is 411 g/mol. The van der Waals surface area contributed by atoms with Crippen molar-refractivity contribution < 1.29 is 14.8 Å². The summed E-state index contributed by atoms with van der Waals surface area (Å²) in [5, 5.41) is 23.0. The molecule has 1 N–H and O–H groups in total. The molecule has 29 heavy (non-hydrogen) atoms. The first-order valence-corrected chi connectivity index (χ1v) is 10.1. The van der Waals surface area contributed by atoms with Gasteiger partial charge >= 0.3 is 5.97 Å². The summed E-state index contributed by atoms with van der Waals surface area (Å²) < 4.78 is 1.86. The largest absolute Gasteiger partial charge is 0.478 e. The van der Waals surface area contributed by atoms with Gasteiger partial charge in [-0.1, -0.05) is 31.2 Å². The molecule has 0 aliphatic heterocycles. The highest BCUT2D eigenvalue weighted by atomic mass is 32.1. The maximum Gasteiger partial charge on any atom is 0.332 e. The van der Waals surface area contributed by atoms with Gasteiger partial charge in [-0.05, 0) is 23.9 Å². The number of carbonyl (C=O) groups is 1. The van der Waals surface area contributed by atoms with Crippen LogP contribution in [0.3, 0.4) is 0 Å². The van der Waals surface area contributed by atoms with Crippen LogP contribution in [0.2, 0.25) is 0 Å². The van der Waals surface area contributed by atoms with Gasteiger partial charge in [0.15, 0.2) is 0 Å². The van der Waals surface area contributed by atoms with Gasteiger partial charge in [0.25, 0.3) is 5.69 Å². The number of hydrogen-bond acceptors (Lipinski definition) is 5. The molecule has 3 aromatic rings. The molecule has 0 bridgehead atoms. The molecule has 7 nitrogen and oxygen atoms in total. The van der Waals surface area contributed by atoms with Gasteiger partial charge in [0, 0.05) is 34.9 Å². The van der Waals surface area contributed by atoms with Crippen LogP contribution >= 0.6 is 11.3 Å². The second-order valence-corrected chi connectivity index (χ2v) is 7.58. The third-order valence-electron chi connectivity index (χ3n) is 4.50. The number of thiophene rings is 1. The lowest BCUT2D eigenvalue weighted by molar-refractivity contribution is -0.385. The van der Waals surface area contributed by atoms with Crippen LogP contribution in [0, 0.1) is 10.1 Å². The Morgan fingerprint density at radius 1 is 1.31 bits per heavy atom. The number of nitro groups is 1. The maximum atomic E-state index is 11.8. The molecule has 0 saturated carbocycles. The van der Waals surface area contributed by atoms with E-state index in [1.165, 1.54) is 17.4 Å². The van der Waals surface area contributed by atoms with Crippen LogP contribution in [0.25, 0.3) is 6.08 Å². The van der Waals surface area contributed by atoms with Crippen LogP contribution in [0.5, 0.6) is 0 Å². The summed E-state index contributed by atoms with van der Waals surface area (Å²) in [5.41, 5.74) is 1.47. The maximum absolute atomic E-state index is 11.8. The quantitative estimate of drug-likeness (QED) is 0.316. The first kappa shape index (κ1) is 20.5. The van der Waals surface area contributed by atoms with E-state index in [2.05, 4.69) is 4.98 Å². The fraction of sp³-hybridized carbons (Fsp3) is 0.238. The van der Waals surface area contributed by atoms with Crippen LogP contribution in [-0.4, -0.2) is 25.6 Å². The number of hydrogen-bond donors (Lipinski definition) is 1. The summed E-state index contributed by atoms with van der Waals surface area (Å²) >= 11 is 1.50. The van der Waals surface area contributed by atoms with Gasteiger partial charge in [-0.2, -0.15) is 0 Å². The van der Waals surface area contributed by atoms with Crippen LogP contribution in [-0.2, 0) is 24.2 Å². The molecule has 0 atom stereocenters. The number of para-hydroxylation sites is 1. The summed E-state index contributed by atoms with van der Waals surface area (Å²) in [6, 6.07) is 10.4. The Hall–Kier alpha value is -3.26. The van der Waals surface area contributed by atoms with Crippen molar-refractivity contribution in [1.82, 2.24) is 9.55 Å². The zero-order valence-electron chi connectivity index (χ0n) is 15.9. The van der Waals surface area contributed by atoms with Crippen LogP contribution in [0.4, 0.5) is 5.69 Å². The predicted octanol–water partition coefficient (Wildman–Crippen LogP) is 4.56. The number of carboxylic acid groups (broad SMARTS) is 1. The van der Waals surface area contributed by atoms with Crippen LogP contribution < -0.4 is 0 Å². The van der Waals surface area contributed by atoms with Crippen molar-refractivity contribution in [1.29, 1.82) is 0 Å². The molecule has 0 fully saturated rings. The smallest absolute Gasteiger partial charge is 0.332 e. The van der Waals surface area contributed by atoms with E-state index >= 15 is 0 Å². The standard InChI is InChI=1S/C21H21N3O4S/c1-2-6-20-22-13-17(11-16(21(25)26)12-18-8-5-10-29-18)23(20)14-15-7-3-4-9-19(15)24(27)28/h3-5,7-11,13H,2,6,12,14H2,1H3,(H,25,26)/b16-11+. The van der Waals surface area contributed by atoms with Crippen LogP contribution in [0.15, 0.2) is 53.5 Å². The van der Waals surface area contributed by atoms with Gasteiger partial charge in [-0.3, -0.25) is 10.1 Å². The van der Waals surface area contributed by atoms with E-state index in [9.17, 15) is 20.0 Å². The van der Waals surface area contributed by atoms with Crippen molar-refractivity contribution in [3.8, 4) is 0 Å². The Morgan fingerprint density at radius 2 is 2.10 bits per heavy atom. The molecule has 150 valence electrons. The first-order chi connectivity index (χ1) is 14.0. The van der Waals surface area contributed by atoms with E-state index in [0.29, 0.717) is 24.1 Å². The zero-order chi connectivity index (χ0) is 20.8. The number of benzene rings is 1. The Kier molecular flexibility index (Phi) is 6.56. The zero-order valence-corrected chi connectivity index (χ0v) is 16.8. The fourth-order valence-electron chi connectivity index (χ4n) is 3.11. The van der Waals surface area contributed by atoms with Crippen molar-refractivity contribution in [2.24, 2.45) is 0 Å². The molecule has 0 radical (unpaired) electrons. The first-order valence-electron chi connectivity index (χ1n) is 9.22. The number of nitrogens with zero attached hydrogens (tertiary/aromatic N) is 3. The second kappa shape index (κ2) is 9.29. The minimum atomic E-state index is -0.992. The molecule has 1 aromatic carbocycles. The summed E-state index contributed by atoms with van der Waals surface area (Å²) in [4.78, 5) is 28.2. The minimum absolute atomic E-state index is 0.0376. The molecule has 8 heteroatoms. The lowest BCUT2D eigenvalue weighted by atomic mass is 10.1. The number of imidazole rings is 1. The number of carboxylic acids is 1. The molecule has 2 heterocycles. The van der Waals surface area contributed by atoms with Gasteiger partial charge in [-0.15, -0.1) is 11.3 Å². The van der Waals surface area contributed by atoms with Crippen molar-refractivity contribution >= 4 is 29.1 Å². The van der Waals surface area contributed by atoms with Crippen molar-refractivity contribution in [3.05, 3.63) is 85.6 Å². The lowest BCUT2D eigenvalue weighted by Crippen LogP contribution is -2.10. The second-order valence-electron chi connectivity index (χ2n) is 6.55. The van der Waals surface area contributed by atoms with E-state index in [-0.39, 0.29) is 17.8 Å². The Bertz CT molecular complexity index is 1040. The number of rotatable bonds is 9. The highest BCUT2D eigenvalue weighted by Crippen LogP contribution is 2.23. The SMILES string of the molecule is CCCc1ncc(/C=C(\Cc2cccs2)C(=O)O)n1Cc1ccccc1[N+](=O)[O-]. The van der Waals surface area contributed by atoms with Gasteiger partial charge in [0.2, 0.25) is 0 Å². The van der Waals surface area contributed by atoms with E-state index in [1.54, 1.807) is 30.5 Å². The average molecular weight is 411 g/mol. The molecule has 0 saturated heterocycles. The molecule has 0 aliphatic rings. The summed E-state index contributed by atoms with van der Waals surface area (Å²) in [7, 11) is 0. The third-order valence-corrected chi connectivity index (χ3v) is 5.38. The van der Waals surface area contributed by atoms with Crippen LogP contribution in [0.1, 0.15) is 35.3 Å². The number of aliphatic carboxylic acids is 1. The lowest BCUT2D eigenvalue weighted by Gasteiger charge is -2.11. The van der Waals surface area contributed by atoms with Crippen molar-refractivity contribution in [3.63, 3.8) is 0 Å². The molecule has 3 rings (SSSR count). The van der Waals surface area contributed by atoms with Gasteiger partial charge < -0.3 is 9.67 Å². The molecule has 2 aromatic heterocycles. The molecule has 0 unspecified atom stereocenters. The Balaban J connectivity index is 2.02. The predicted molar refractivity (Wildman–Crippen MR) is 112 cm³/mol. The van der Waals surface area contributed by atoms with E-state index in [4.69, 9.17) is 0 Å². The van der Waals surface area contributed by atoms with E-state index < -0.39 is 10.9 Å². The summed E-state index contributed by atoms with van der Waals surface area (Å²) in [6.45, 7) is 2.28. The molecule has 0 amide bonds. The molecular weight excluding hydrogens is 390 g/mol. The van der Waals surface area contributed by atoms with Gasteiger partial charge in [-0.25, -0.2) is 9.78 Å². The topological polar surface area (TPSA) is 98.3 Å². The number of aryl methyl sites for hydroxylation is 1. The van der Waals surface area contributed by atoms with Gasteiger partial charge in [0.05, 0.1) is 23.4 Å². The fourth-order valence-corrected chi connectivity index (χ4v) is 3.84. The molecule has 0 aliphatic carbocycles. The summed E-state index contributed by atoms with van der Waals surface area (Å²) in [5.74, 6) is -0.216. The normalized spacial score (nSPS) is 11.6. The highest BCUT2D eigenvalue weighted by molar-refractivity contribution is 7.09. The summed E-state index contributed by atoms with van der Waals surface area (Å²) in [6.07, 6.45) is 5.12.